The third-order valence-electron chi connectivity index (χ3n) is 5.60. The number of aliphatic carboxylic acids is 1. The average molecular weight is 303 g/mol. The van der Waals surface area contributed by atoms with Crippen molar-refractivity contribution in [3.8, 4) is 0 Å². The Morgan fingerprint density at radius 2 is 2.10 bits per heavy atom. The van der Waals surface area contributed by atoms with Crippen LogP contribution in [0.15, 0.2) is 29.2 Å². The third kappa shape index (κ3) is 2.29. The molecule has 0 spiro atoms. The monoisotopic (exact) mass is 303 g/mol. The number of carboxylic acid groups (broad SMARTS) is 1. The van der Waals surface area contributed by atoms with Gasteiger partial charge in [-0.05, 0) is 42.7 Å². The van der Waals surface area contributed by atoms with E-state index in [0.717, 1.165) is 25.1 Å². The summed E-state index contributed by atoms with van der Waals surface area (Å²) in [6.07, 6.45) is 3.44. The second-order valence-electron chi connectivity index (χ2n) is 6.68. The molecule has 5 atom stereocenters. The lowest BCUT2D eigenvalue weighted by Crippen LogP contribution is -2.45. The van der Waals surface area contributed by atoms with Crippen LogP contribution in [0.4, 0.5) is 0 Å². The quantitative estimate of drug-likeness (QED) is 0.898. The Labute approximate surface area is 129 Å². The largest absolute Gasteiger partial charge is 0.481 e. The van der Waals surface area contributed by atoms with E-state index in [0.29, 0.717) is 17.8 Å². The first-order valence-electron chi connectivity index (χ1n) is 7.92. The molecule has 4 heteroatoms. The van der Waals surface area contributed by atoms with Gasteiger partial charge in [-0.2, -0.15) is 0 Å². The molecule has 0 radical (unpaired) electrons. The van der Waals surface area contributed by atoms with Crippen LogP contribution in [-0.2, 0) is 4.79 Å². The van der Waals surface area contributed by atoms with Crippen molar-refractivity contribution >= 4 is 17.7 Å². The summed E-state index contributed by atoms with van der Waals surface area (Å²) in [5.74, 6) is 1.88. The molecule has 1 aromatic carbocycles. The van der Waals surface area contributed by atoms with Gasteiger partial charge in [0.15, 0.2) is 0 Å². The van der Waals surface area contributed by atoms with E-state index in [-0.39, 0.29) is 12.0 Å². The average Bonchev–Trinajstić information content (AvgIpc) is 3.18. The summed E-state index contributed by atoms with van der Waals surface area (Å²) in [4.78, 5) is 12.9. The van der Waals surface area contributed by atoms with Gasteiger partial charge in [0.2, 0.25) is 0 Å². The van der Waals surface area contributed by atoms with Gasteiger partial charge in [0.1, 0.15) is 0 Å². The molecule has 4 rings (SSSR count). The number of fused-ring (bicyclic) bond motifs is 3. The van der Waals surface area contributed by atoms with Crippen molar-refractivity contribution in [1.29, 1.82) is 0 Å². The SMILES string of the molecule is O=C(O)C1C2CCC(C2)C1NCC1CSc2ccccc21. The Bertz CT molecular complexity index is 561. The van der Waals surface area contributed by atoms with Gasteiger partial charge in [-0.3, -0.25) is 4.79 Å². The first kappa shape index (κ1) is 13.6. The van der Waals surface area contributed by atoms with E-state index >= 15 is 0 Å². The minimum atomic E-state index is -0.596. The third-order valence-corrected chi connectivity index (χ3v) is 6.85. The summed E-state index contributed by atoms with van der Waals surface area (Å²) in [5, 5.41) is 13.1. The molecule has 2 fully saturated rings. The van der Waals surface area contributed by atoms with Crippen molar-refractivity contribution in [2.75, 3.05) is 12.3 Å². The maximum absolute atomic E-state index is 11.6. The van der Waals surface area contributed by atoms with Gasteiger partial charge < -0.3 is 10.4 Å². The predicted molar refractivity (Wildman–Crippen MR) is 83.7 cm³/mol. The maximum Gasteiger partial charge on any atom is 0.308 e. The van der Waals surface area contributed by atoms with Gasteiger partial charge in [-0.1, -0.05) is 18.2 Å². The molecular formula is C17H21NO2S. The zero-order valence-corrected chi connectivity index (χ0v) is 12.8. The van der Waals surface area contributed by atoms with Crippen molar-refractivity contribution in [2.45, 2.75) is 36.1 Å². The Kier molecular flexibility index (Phi) is 3.46. The highest BCUT2D eigenvalue weighted by Crippen LogP contribution is 2.49. The lowest BCUT2D eigenvalue weighted by molar-refractivity contribution is -0.144. The minimum absolute atomic E-state index is 0.159. The summed E-state index contributed by atoms with van der Waals surface area (Å²) < 4.78 is 0. The summed E-state index contributed by atoms with van der Waals surface area (Å²) in [5.41, 5.74) is 1.44. The smallest absolute Gasteiger partial charge is 0.308 e. The molecule has 2 bridgehead atoms. The molecule has 21 heavy (non-hydrogen) atoms. The highest BCUT2D eigenvalue weighted by atomic mass is 32.2. The van der Waals surface area contributed by atoms with Crippen molar-refractivity contribution in [2.24, 2.45) is 17.8 Å². The molecule has 0 amide bonds. The van der Waals surface area contributed by atoms with E-state index in [9.17, 15) is 9.90 Å². The van der Waals surface area contributed by atoms with Crippen LogP contribution in [0, 0.1) is 17.8 Å². The minimum Gasteiger partial charge on any atom is -0.481 e. The first-order chi connectivity index (χ1) is 10.2. The number of benzene rings is 1. The topological polar surface area (TPSA) is 49.3 Å². The summed E-state index contributed by atoms with van der Waals surface area (Å²) >= 11 is 1.92. The van der Waals surface area contributed by atoms with Crippen LogP contribution >= 0.6 is 11.8 Å². The number of hydrogen-bond donors (Lipinski definition) is 2. The second-order valence-corrected chi connectivity index (χ2v) is 7.74. The molecule has 0 aromatic heterocycles. The van der Waals surface area contributed by atoms with Crippen LogP contribution in [-0.4, -0.2) is 29.4 Å². The zero-order valence-electron chi connectivity index (χ0n) is 12.0. The number of hydrogen-bond acceptors (Lipinski definition) is 3. The van der Waals surface area contributed by atoms with E-state index in [1.807, 2.05) is 11.8 Å². The fourth-order valence-corrected chi connectivity index (χ4v) is 5.87. The summed E-state index contributed by atoms with van der Waals surface area (Å²) in [7, 11) is 0. The molecule has 1 aromatic rings. The van der Waals surface area contributed by atoms with Gasteiger partial charge in [0.25, 0.3) is 0 Å². The van der Waals surface area contributed by atoms with Crippen LogP contribution in [0.1, 0.15) is 30.7 Å². The fraction of sp³-hybridized carbons (Fsp3) is 0.588. The van der Waals surface area contributed by atoms with Gasteiger partial charge in [0.05, 0.1) is 5.92 Å². The summed E-state index contributed by atoms with van der Waals surface area (Å²) in [6.45, 7) is 0.918. The Morgan fingerprint density at radius 1 is 1.29 bits per heavy atom. The highest BCUT2D eigenvalue weighted by Gasteiger charge is 2.50. The van der Waals surface area contributed by atoms with E-state index < -0.39 is 5.97 Å². The molecule has 0 saturated heterocycles. The van der Waals surface area contributed by atoms with Crippen LogP contribution in [0.2, 0.25) is 0 Å². The second kappa shape index (κ2) is 5.33. The Morgan fingerprint density at radius 3 is 2.95 bits per heavy atom. The van der Waals surface area contributed by atoms with Crippen LogP contribution in [0.25, 0.3) is 0 Å². The number of carbonyl (C=O) groups is 1. The molecule has 3 nitrogen and oxygen atoms in total. The van der Waals surface area contributed by atoms with Gasteiger partial charge >= 0.3 is 5.97 Å². The first-order valence-corrected chi connectivity index (χ1v) is 8.90. The molecule has 2 saturated carbocycles. The number of rotatable bonds is 4. The zero-order chi connectivity index (χ0) is 14.4. The van der Waals surface area contributed by atoms with Crippen molar-refractivity contribution in [1.82, 2.24) is 5.32 Å². The molecule has 1 aliphatic heterocycles. The van der Waals surface area contributed by atoms with Crippen molar-refractivity contribution < 1.29 is 9.90 Å². The molecule has 112 valence electrons. The fourth-order valence-electron chi connectivity index (χ4n) is 4.62. The van der Waals surface area contributed by atoms with E-state index in [4.69, 9.17) is 0 Å². The number of thioether (sulfide) groups is 1. The van der Waals surface area contributed by atoms with Gasteiger partial charge in [0, 0.05) is 29.2 Å². The molecular weight excluding hydrogens is 282 g/mol. The molecule has 1 heterocycles. The maximum atomic E-state index is 11.6. The van der Waals surface area contributed by atoms with E-state index in [1.165, 1.54) is 16.9 Å². The Balaban J connectivity index is 1.44. The van der Waals surface area contributed by atoms with Crippen LogP contribution < -0.4 is 5.32 Å². The van der Waals surface area contributed by atoms with Crippen molar-refractivity contribution in [3.05, 3.63) is 29.8 Å². The molecule has 2 aliphatic carbocycles. The summed E-state index contributed by atoms with van der Waals surface area (Å²) in [6, 6.07) is 8.81. The van der Waals surface area contributed by atoms with Crippen LogP contribution in [0.3, 0.4) is 0 Å². The van der Waals surface area contributed by atoms with E-state index in [2.05, 4.69) is 29.6 Å². The normalized spacial score (nSPS) is 36.9. The lowest BCUT2D eigenvalue weighted by Gasteiger charge is -2.30. The standard InChI is InChI=1S/C17H21NO2S/c19-17(20)15-10-5-6-11(7-10)16(15)18-8-12-9-21-14-4-2-1-3-13(12)14/h1-4,10-12,15-16,18H,5-9H2,(H,19,20). The molecule has 2 N–H and O–H groups in total. The number of nitrogens with one attached hydrogen (secondary N) is 1. The predicted octanol–water partition coefficient (Wildman–Crippen LogP) is 2.96. The number of carboxylic acids is 1. The Hall–Kier alpha value is -1.00. The van der Waals surface area contributed by atoms with Gasteiger partial charge in [-0.15, -0.1) is 11.8 Å². The lowest BCUT2D eigenvalue weighted by atomic mass is 9.84. The molecule has 3 aliphatic rings. The highest BCUT2D eigenvalue weighted by molar-refractivity contribution is 7.99. The van der Waals surface area contributed by atoms with Crippen LogP contribution in [0.5, 0.6) is 0 Å². The van der Waals surface area contributed by atoms with Gasteiger partial charge in [-0.25, -0.2) is 0 Å². The van der Waals surface area contributed by atoms with Crippen molar-refractivity contribution in [3.63, 3.8) is 0 Å². The molecule has 5 unspecified atom stereocenters. The van der Waals surface area contributed by atoms with E-state index in [1.54, 1.807) is 0 Å².